The van der Waals surface area contributed by atoms with Crippen LogP contribution >= 0.6 is 0 Å². The number of nitrogens with two attached hydrogens (primary N) is 1. The first-order valence-electron chi connectivity index (χ1n) is 7.86. The minimum absolute atomic E-state index is 0.117. The molecule has 0 unspecified atom stereocenters. The highest BCUT2D eigenvalue weighted by atomic mass is 32.2. The molecule has 0 saturated carbocycles. The Balaban J connectivity index is 1.91. The monoisotopic (exact) mass is 332 g/mol. The van der Waals surface area contributed by atoms with Gasteiger partial charge in [0.2, 0.25) is 0 Å². The van der Waals surface area contributed by atoms with E-state index in [2.05, 4.69) is 17.0 Å². The number of hydrogen-bond acceptors (Lipinski definition) is 4. The van der Waals surface area contributed by atoms with Crippen molar-refractivity contribution in [2.45, 2.75) is 11.3 Å². The quantitative estimate of drug-likeness (QED) is 0.762. The molecule has 23 heavy (non-hydrogen) atoms. The van der Waals surface area contributed by atoms with E-state index in [1.54, 1.807) is 24.3 Å². The van der Waals surface area contributed by atoms with Crippen LogP contribution in [-0.4, -0.2) is 45.2 Å². The Bertz CT molecular complexity index is 673. The van der Waals surface area contributed by atoms with Gasteiger partial charge in [-0.25, -0.2) is 8.42 Å². The summed E-state index contributed by atoms with van der Waals surface area (Å²) in [6, 6.07) is 18.8. The Hall–Kier alpha value is -1.69. The van der Waals surface area contributed by atoms with Crippen molar-refractivity contribution in [1.82, 2.24) is 4.90 Å². The van der Waals surface area contributed by atoms with Crippen molar-refractivity contribution in [3.8, 4) is 0 Å². The molecule has 4 nitrogen and oxygen atoms in total. The normalized spacial score (nSPS) is 11.7. The summed E-state index contributed by atoms with van der Waals surface area (Å²) in [5.74, 6) is 0.117. The van der Waals surface area contributed by atoms with E-state index in [1.165, 1.54) is 5.56 Å². The molecule has 0 fully saturated rings. The number of sulfone groups is 1. The molecule has 2 rings (SSSR count). The van der Waals surface area contributed by atoms with Gasteiger partial charge in [-0.05, 0) is 24.1 Å². The zero-order valence-corrected chi connectivity index (χ0v) is 14.1. The summed E-state index contributed by atoms with van der Waals surface area (Å²) in [6.45, 7) is 2.55. The molecule has 0 heterocycles. The summed E-state index contributed by atoms with van der Waals surface area (Å²) in [7, 11) is -3.24. The molecule has 0 aliphatic rings. The molecule has 2 aromatic carbocycles. The second-order valence-corrected chi connectivity index (χ2v) is 7.61. The molecule has 0 bridgehead atoms. The molecule has 0 aromatic heterocycles. The van der Waals surface area contributed by atoms with E-state index in [9.17, 15) is 8.42 Å². The van der Waals surface area contributed by atoms with Crippen LogP contribution < -0.4 is 5.73 Å². The van der Waals surface area contributed by atoms with Crippen LogP contribution in [0.4, 0.5) is 0 Å². The summed E-state index contributed by atoms with van der Waals surface area (Å²) >= 11 is 0. The third-order valence-electron chi connectivity index (χ3n) is 3.78. The average Bonchev–Trinajstić information content (AvgIpc) is 2.59. The van der Waals surface area contributed by atoms with Gasteiger partial charge < -0.3 is 10.6 Å². The third-order valence-corrected chi connectivity index (χ3v) is 5.49. The van der Waals surface area contributed by atoms with Crippen LogP contribution in [0.5, 0.6) is 0 Å². The van der Waals surface area contributed by atoms with Crippen LogP contribution in [0.1, 0.15) is 5.56 Å². The summed E-state index contributed by atoms with van der Waals surface area (Å²) in [5.41, 5.74) is 6.91. The zero-order valence-electron chi connectivity index (χ0n) is 13.3. The van der Waals surface area contributed by atoms with Gasteiger partial charge in [-0.3, -0.25) is 0 Å². The maximum atomic E-state index is 12.4. The average molecular weight is 332 g/mol. The van der Waals surface area contributed by atoms with Crippen molar-refractivity contribution < 1.29 is 8.42 Å². The van der Waals surface area contributed by atoms with E-state index in [4.69, 9.17) is 5.73 Å². The Morgan fingerprint density at radius 2 is 1.43 bits per heavy atom. The Morgan fingerprint density at radius 1 is 0.826 bits per heavy atom. The van der Waals surface area contributed by atoms with Crippen LogP contribution in [0.15, 0.2) is 65.6 Å². The van der Waals surface area contributed by atoms with Crippen molar-refractivity contribution in [3.63, 3.8) is 0 Å². The van der Waals surface area contributed by atoms with Gasteiger partial charge in [0.25, 0.3) is 0 Å². The lowest BCUT2D eigenvalue weighted by Gasteiger charge is -2.21. The molecule has 5 heteroatoms. The second kappa shape index (κ2) is 8.82. The highest BCUT2D eigenvalue weighted by Gasteiger charge is 2.16. The van der Waals surface area contributed by atoms with Crippen LogP contribution in [0.25, 0.3) is 0 Å². The number of rotatable bonds is 9. The third kappa shape index (κ3) is 5.78. The Morgan fingerprint density at radius 3 is 2.04 bits per heavy atom. The van der Waals surface area contributed by atoms with Gasteiger partial charge in [-0.2, -0.15) is 0 Å². The zero-order chi connectivity index (χ0) is 16.5. The lowest BCUT2D eigenvalue weighted by Crippen LogP contribution is -2.35. The first kappa shape index (κ1) is 17.7. The fourth-order valence-electron chi connectivity index (χ4n) is 2.44. The largest absolute Gasteiger partial charge is 0.329 e. The molecule has 0 saturated heterocycles. The van der Waals surface area contributed by atoms with E-state index < -0.39 is 9.84 Å². The van der Waals surface area contributed by atoms with Gasteiger partial charge in [-0.1, -0.05) is 48.5 Å². The van der Waals surface area contributed by atoms with Gasteiger partial charge in [-0.15, -0.1) is 0 Å². The highest BCUT2D eigenvalue weighted by molar-refractivity contribution is 7.91. The van der Waals surface area contributed by atoms with Crippen molar-refractivity contribution in [1.29, 1.82) is 0 Å². The fraction of sp³-hybridized carbons (Fsp3) is 0.333. The molecular weight excluding hydrogens is 308 g/mol. The van der Waals surface area contributed by atoms with E-state index in [0.717, 1.165) is 13.0 Å². The summed E-state index contributed by atoms with van der Waals surface area (Å²) in [4.78, 5) is 2.50. The molecule has 0 spiro atoms. The second-order valence-electron chi connectivity index (χ2n) is 5.50. The number of benzene rings is 2. The van der Waals surface area contributed by atoms with E-state index >= 15 is 0 Å². The molecule has 0 amide bonds. The van der Waals surface area contributed by atoms with Gasteiger partial charge in [0.05, 0.1) is 10.6 Å². The molecule has 2 N–H and O–H groups in total. The minimum atomic E-state index is -3.24. The summed E-state index contributed by atoms with van der Waals surface area (Å²) in [6.07, 6.45) is 0.895. The number of hydrogen-bond donors (Lipinski definition) is 1. The van der Waals surface area contributed by atoms with Crippen molar-refractivity contribution >= 4 is 9.84 Å². The van der Waals surface area contributed by atoms with E-state index in [0.29, 0.717) is 24.5 Å². The van der Waals surface area contributed by atoms with E-state index in [1.807, 2.05) is 24.3 Å². The standard InChI is InChI=1S/C18H24N2O2S/c19-12-14-20(13-11-17-7-3-1-4-8-17)15-16-23(21,22)18-9-5-2-6-10-18/h1-10H,11-16,19H2. The molecule has 2 aromatic rings. The Labute approximate surface area is 138 Å². The Kier molecular flexibility index (Phi) is 6.77. The maximum Gasteiger partial charge on any atom is 0.179 e. The van der Waals surface area contributed by atoms with Gasteiger partial charge >= 0.3 is 0 Å². The van der Waals surface area contributed by atoms with Crippen LogP contribution in [0.2, 0.25) is 0 Å². The topological polar surface area (TPSA) is 63.4 Å². The van der Waals surface area contributed by atoms with Gasteiger partial charge in [0, 0.05) is 26.2 Å². The van der Waals surface area contributed by atoms with Crippen LogP contribution in [0, 0.1) is 0 Å². The summed E-state index contributed by atoms with van der Waals surface area (Å²) < 4.78 is 24.7. The molecule has 124 valence electrons. The predicted octanol–water partition coefficient (Wildman–Crippen LogP) is 1.96. The van der Waals surface area contributed by atoms with Crippen molar-refractivity contribution in [2.75, 3.05) is 31.9 Å². The molecule has 0 radical (unpaired) electrons. The summed E-state index contributed by atoms with van der Waals surface area (Å²) in [5, 5.41) is 0. The minimum Gasteiger partial charge on any atom is -0.329 e. The van der Waals surface area contributed by atoms with E-state index in [-0.39, 0.29) is 5.75 Å². The molecular formula is C18H24N2O2S. The lowest BCUT2D eigenvalue weighted by atomic mass is 10.1. The van der Waals surface area contributed by atoms with Crippen molar-refractivity contribution in [2.24, 2.45) is 5.73 Å². The molecule has 0 atom stereocenters. The van der Waals surface area contributed by atoms with Gasteiger partial charge in [0.15, 0.2) is 9.84 Å². The van der Waals surface area contributed by atoms with Gasteiger partial charge in [0.1, 0.15) is 0 Å². The first-order chi connectivity index (χ1) is 11.1. The lowest BCUT2D eigenvalue weighted by molar-refractivity contribution is 0.301. The maximum absolute atomic E-state index is 12.4. The first-order valence-corrected chi connectivity index (χ1v) is 9.51. The molecule has 0 aliphatic heterocycles. The fourth-order valence-corrected chi connectivity index (χ4v) is 3.75. The predicted molar refractivity (Wildman–Crippen MR) is 94.1 cm³/mol. The molecule has 0 aliphatic carbocycles. The van der Waals surface area contributed by atoms with Crippen molar-refractivity contribution in [3.05, 3.63) is 66.2 Å². The van der Waals surface area contributed by atoms with Crippen LogP contribution in [-0.2, 0) is 16.3 Å². The van der Waals surface area contributed by atoms with Crippen LogP contribution in [0.3, 0.4) is 0 Å². The highest BCUT2D eigenvalue weighted by Crippen LogP contribution is 2.10. The smallest absolute Gasteiger partial charge is 0.179 e. The SMILES string of the molecule is NCCN(CCc1ccccc1)CCS(=O)(=O)c1ccccc1. The number of nitrogens with zero attached hydrogens (tertiary/aromatic N) is 1.